The van der Waals surface area contributed by atoms with Crippen LogP contribution in [0.3, 0.4) is 0 Å². The normalized spacial score (nSPS) is 20.4. The number of nitrogens with one attached hydrogen (secondary N) is 1. The summed E-state index contributed by atoms with van der Waals surface area (Å²) in [6, 6.07) is 10.7. The number of hydrogen-bond acceptors (Lipinski definition) is 5. The fourth-order valence-corrected chi connectivity index (χ4v) is 4.64. The lowest BCUT2D eigenvalue weighted by Crippen LogP contribution is -2.61. The van der Waals surface area contributed by atoms with Crippen LogP contribution < -0.4 is 10.2 Å². The lowest BCUT2D eigenvalue weighted by atomic mass is 9.79. The van der Waals surface area contributed by atoms with E-state index in [9.17, 15) is 0 Å². The molecule has 0 spiro atoms. The molecule has 0 radical (unpaired) electrons. The van der Waals surface area contributed by atoms with Gasteiger partial charge in [-0.25, -0.2) is 0 Å². The van der Waals surface area contributed by atoms with E-state index in [-0.39, 0.29) is 11.1 Å². The van der Waals surface area contributed by atoms with Gasteiger partial charge in [0.1, 0.15) is 5.01 Å². The summed E-state index contributed by atoms with van der Waals surface area (Å²) in [6.45, 7) is 9.13. The molecule has 0 aliphatic carbocycles. The van der Waals surface area contributed by atoms with Crippen LogP contribution in [0.4, 0.5) is 5.13 Å². The van der Waals surface area contributed by atoms with Crippen molar-refractivity contribution < 1.29 is 0 Å². The van der Waals surface area contributed by atoms with E-state index < -0.39 is 0 Å². The zero-order valence-electron chi connectivity index (χ0n) is 14.6. The van der Waals surface area contributed by atoms with Crippen LogP contribution in [0.15, 0.2) is 30.3 Å². The third-order valence-electron chi connectivity index (χ3n) is 4.45. The minimum absolute atomic E-state index is 0.133. The van der Waals surface area contributed by atoms with E-state index in [1.165, 1.54) is 0 Å². The van der Waals surface area contributed by atoms with E-state index >= 15 is 0 Å². The molecule has 0 atom stereocenters. The van der Waals surface area contributed by atoms with Gasteiger partial charge in [-0.1, -0.05) is 41.7 Å². The van der Waals surface area contributed by atoms with E-state index in [2.05, 4.69) is 67.3 Å². The third-order valence-corrected chi connectivity index (χ3v) is 5.52. The fraction of sp³-hybridized carbons (Fsp3) is 0.556. The summed E-state index contributed by atoms with van der Waals surface area (Å²) in [5, 5.41) is 14.6. The van der Waals surface area contributed by atoms with Crippen LogP contribution >= 0.6 is 11.3 Å². The first-order chi connectivity index (χ1) is 10.8. The molecular weight excluding hydrogens is 304 g/mol. The molecule has 1 aromatic carbocycles. The summed E-state index contributed by atoms with van der Waals surface area (Å²) in [5.74, 6) is 0. The Morgan fingerprint density at radius 1 is 1.04 bits per heavy atom. The Hall–Kier alpha value is -1.46. The molecule has 4 nitrogen and oxygen atoms in total. The second-order valence-electron chi connectivity index (χ2n) is 7.82. The summed E-state index contributed by atoms with van der Waals surface area (Å²) >= 11 is 1.67. The van der Waals surface area contributed by atoms with Gasteiger partial charge in [-0.2, -0.15) is 0 Å². The van der Waals surface area contributed by atoms with Crippen molar-refractivity contribution in [2.24, 2.45) is 0 Å². The fourth-order valence-electron chi connectivity index (χ4n) is 3.75. The van der Waals surface area contributed by atoms with Crippen molar-refractivity contribution in [1.29, 1.82) is 0 Å². The smallest absolute Gasteiger partial charge is 0.208 e. The molecule has 1 aromatic heterocycles. The quantitative estimate of drug-likeness (QED) is 0.925. The van der Waals surface area contributed by atoms with Crippen molar-refractivity contribution in [3.05, 3.63) is 30.3 Å². The summed E-state index contributed by atoms with van der Waals surface area (Å²) in [4.78, 5) is 2.31. The Kier molecular flexibility index (Phi) is 4.19. The van der Waals surface area contributed by atoms with E-state index in [1.807, 2.05) is 18.2 Å². The molecule has 3 rings (SSSR count). The van der Waals surface area contributed by atoms with Crippen molar-refractivity contribution in [2.45, 2.75) is 57.7 Å². The van der Waals surface area contributed by atoms with Crippen molar-refractivity contribution in [1.82, 2.24) is 15.5 Å². The number of piperidine rings is 1. The van der Waals surface area contributed by atoms with Gasteiger partial charge in [0.15, 0.2) is 0 Å². The molecule has 0 bridgehead atoms. The van der Waals surface area contributed by atoms with E-state index in [0.717, 1.165) is 28.5 Å². The van der Waals surface area contributed by atoms with Gasteiger partial charge in [-0.3, -0.25) is 0 Å². The lowest BCUT2D eigenvalue weighted by Gasteiger charge is -2.48. The summed E-state index contributed by atoms with van der Waals surface area (Å²) in [6.07, 6.45) is 2.21. The van der Waals surface area contributed by atoms with Gasteiger partial charge in [0.2, 0.25) is 5.13 Å². The summed E-state index contributed by atoms with van der Waals surface area (Å²) in [5.41, 5.74) is 1.40. The zero-order chi connectivity index (χ0) is 16.7. The van der Waals surface area contributed by atoms with Crippen LogP contribution in [0.5, 0.6) is 0 Å². The number of hydrogen-bond donors (Lipinski definition) is 1. The van der Waals surface area contributed by atoms with Crippen molar-refractivity contribution >= 4 is 16.5 Å². The average Bonchev–Trinajstić information content (AvgIpc) is 2.94. The largest absolute Gasteiger partial charge is 0.347 e. The van der Waals surface area contributed by atoms with Crippen LogP contribution in [0.1, 0.15) is 40.5 Å². The highest BCUT2D eigenvalue weighted by atomic mass is 32.1. The Labute approximate surface area is 142 Å². The van der Waals surface area contributed by atoms with Gasteiger partial charge in [0, 0.05) is 29.7 Å². The van der Waals surface area contributed by atoms with E-state index in [0.29, 0.717) is 6.04 Å². The Balaban J connectivity index is 1.81. The Morgan fingerprint density at radius 3 is 2.26 bits per heavy atom. The zero-order valence-corrected chi connectivity index (χ0v) is 15.4. The average molecular weight is 331 g/mol. The maximum Gasteiger partial charge on any atom is 0.208 e. The number of aromatic nitrogens is 2. The number of rotatable bonds is 3. The number of nitrogens with zero attached hydrogens (tertiary/aromatic N) is 3. The van der Waals surface area contributed by atoms with Crippen LogP contribution in [-0.2, 0) is 0 Å². The van der Waals surface area contributed by atoms with Crippen molar-refractivity contribution in [3.63, 3.8) is 0 Å². The Bertz CT molecular complexity index is 647. The Morgan fingerprint density at radius 2 is 1.65 bits per heavy atom. The van der Waals surface area contributed by atoms with Crippen LogP contribution in [0.2, 0.25) is 0 Å². The molecule has 2 aromatic rings. The predicted octanol–water partition coefficient (Wildman–Crippen LogP) is 3.95. The van der Waals surface area contributed by atoms with Gasteiger partial charge in [-0.15, -0.1) is 10.2 Å². The molecule has 124 valence electrons. The number of anilines is 1. The molecule has 0 saturated carbocycles. The lowest BCUT2D eigenvalue weighted by molar-refractivity contribution is 0.161. The SMILES string of the molecule is CN(c1nnc(-c2ccccc2)s1)C1CC(C)(C)NC(C)(C)C1. The first kappa shape index (κ1) is 16.4. The van der Waals surface area contributed by atoms with Gasteiger partial charge in [-0.05, 0) is 40.5 Å². The van der Waals surface area contributed by atoms with Crippen LogP contribution in [0.25, 0.3) is 10.6 Å². The standard InChI is InChI=1S/C18H26N4S/c1-17(2)11-14(12-18(3,4)21-17)22(5)16-20-19-15(23-16)13-9-7-6-8-10-13/h6-10,14,21H,11-12H2,1-5H3. The molecule has 23 heavy (non-hydrogen) atoms. The minimum atomic E-state index is 0.133. The second-order valence-corrected chi connectivity index (χ2v) is 8.78. The van der Waals surface area contributed by atoms with Gasteiger partial charge in [0.05, 0.1) is 0 Å². The summed E-state index contributed by atoms with van der Waals surface area (Å²) in [7, 11) is 2.15. The molecular formula is C18H26N4S. The topological polar surface area (TPSA) is 41.1 Å². The molecule has 0 unspecified atom stereocenters. The van der Waals surface area contributed by atoms with Gasteiger partial charge < -0.3 is 10.2 Å². The minimum Gasteiger partial charge on any atom is -0.347 e. The second kappa shape index (κ2) is 5.87. The molecule has 0 amide bonds. The monoisotopic (exact) mass is 330 g/mol. The molecule has 1 aliphatic rings. The van der Waals surface area contributed by atoms with E-state index in [1.54, 1.807) is 11.3 Å². The molecule has 1 aliphatic heterocycles. The molecule has 1 N–H and O–H groups in total. The maximum atomic E-state index is 4.44. The highest BCUT2D eigenvalue weighted by Gasteiger charge is 2.39. The maximum absolute atomic E-state index is 4.44. The van der Waals surface area contributed by atoms with Gasteiger partial charge in [0.25, 0.3) is 0 Å². The predicted molar refractivity (Wildman–Crippen MR) is 98.1 cm³/mol. The van der Waals surface area contributed by atoms with Crippen molar-refractivity contribution in [2.75, 3.05) is 11.9 Å². The van der Waals surface area contributed by atoms with E-state index in [4.69, 9.17) is 0 Å². The van der Waals surface area contributed by atoms with Crippen LogP contribution in [0, 0.1) is 0 Å². The number of benzene rings is 1. The van der Waals surface area contributed by atoms with Gasteiger partial charge >= 0.3 is 0 Å². The molecule has 1 saturated heterocycles. The first-order valence-electron chi connectivity index (χ1n) is 8.17. The third kappa shape index (κ3) is 3.72. The van der Waals surface area contributed by atoms with Crippen molar-refractivity contribution in [3.8, 4) is 10.6 Å². The highest BCUT2D eigenvalue weighted by molar-refractivity contribution is 7.18. The molecule has 2 heterocycles. The molecule has 1 fully saturated rings. The highest BCUT2D eigenvalue weighted by Crippen LogP contribution is 2.35. The molecule has 5 heteroatoms. The first-order valence-corrected chi connectivity index (χ1v) is 8.99. The van der Waals surface area contributed by atoms with Crippen LogP contribution in [-0.4, -0.2) is 34.4 Å². The summed E-state index contributed by atoms with van der Waals surface area (Å²) < 4.78 is 0.